The van der Waals surface area contributed by atoms with E-state index in [1.165, 1.54) is 11.3 Å². The second-order valence-corrected chi connectivity index (χ2v) is 6.85. The predicted octanol–water partition coefficient (Wildman–Crippen LogP) is 2.34. The van der Waals surface area contributed by atoms with Crippen LogP contribution in [-0.4, -0.2) is 34.8 Å². The number of amides is 2. The second kappa shape index (κ2) is 6.68. The summed E-state index contributed by atoms with van der Waals surface area (Å²) in [6.45, 7) is 1.00. The highest BCUT2D eigenvalue weighted by atomic mass is 35.5. The highest BCUT2D eigenvalue weighted by Gasteiger charge is 2.29. The molecule has 1 aromatic carbocycles. The van der Waals surface area contributed by atoms with Crippen molar-refractivity contribution in [2.24, 2.45) is 11.7 Å². The number of carbonyl (C=O) groups is 2. The summed E-state index contributed by atoms with van der Waals surface area (Å²) in [6, 6.07) is 7.45. The monoisotopic (exact) mass is 349 g/mol. The van der Waals surface area contributed by atoms with Gasteiger partial charge >= 0.3 is 0 Å². The van der Waals surface area contributed by atoms with Crippen LogP contribution in [0.5, 0.6) is 0 Å². The zero-order chi connectivity index (χ0) is 16.4. The first kappa shape index (κ1) is 16.0. The molecule has 1 aromatic heterocycles. The van der Waals surface area contributed by atoms with Gasteiger partial charge in [-0.3, -0.25) is 9.59 Å². The maximum absolute atomic E-state index is 12.3. The lowest BCUT2D eigenvalue weighted by Crippen LogP contribution is -2.32. The highest BCUT2D eigenvalue weighted by Crippen LogP contribution is 2.26. The summed E-state index contributed by atoms with van der Waals surface area (Å²) < 4.78 is 0. The minimum Gasteiger partial charge on any atom is -0.369 e. The van der Waals surface area contributed by atoms with Gasteiger partial charge < -0.3 is 10.6 Å². The molecule has 1 aliphatic rings. The number of nitrogens with zero attached hydrogens (tertiary/aromatic N) is 2. The molecular weight excluding hydrogens is 334 g/mol. The van der Waals surface area contributed by atoms with Crippen LogP contribution < -0.4 is 5.73 Å². The van der Waals surface area contributed by atoms with E-state index in [2.05, 4.69) is 4.98 Å². The number of likely N-dealkylation sites (tertiary alicyclic amines) is 1. The maximum Gasteiger partial charge on any atom is 0.228 e. The van der Waals surface area contributed by atoms with E-state index in [0.29, 0.717) is 24.5 Å². The average Bonchev–Trinajstić information content (AvgIpc) is 3.17. The van der Waals surface area contributed by atoms with E-state index in [1.54, 1.807) is 4.90 Å². The number of benzene rings is 1. The van der Waals surface area contributed by atoms with Gasteiger partial charge in [-0.25, -0.2) is 4.98 Å². The van der Waals surface area contributed by atoms with E-state index in [0.717, 1.165) is 16.3 Å². The van der Waals surface area contributed by atoms with Crippen molar-refractivity contribution in [2.75, 3.05) is 13.1 Å². The van der Waals surface area contributed by atoms with Crippen LogP contribution in [0.15, 0.2) is 29.6 Å². The first-order valence-corrected chi connectivity index (χ1v) is 8.56. The molecule has 1 unspecified atom stereocenters. The summed E-state index contributed by atoms with van der Waals surface area (Å²) in [5, 5.41) is 3.43. The Bertz CT molecular complexity index is 729. The van der Waals surface area contributed by atoms with Crippen molar-refractivity contribution in [1.29, 1.82) is 0 Å². The Balaban J connectivity index is 1.64. The molecule has 2 aromatic rings. The molecule has 1 saturated heterocycles. The zero-order valence-electron chi connectivity index (χ0n) is 12.4. The lowest BCUT2D eigenvalue weighted by atomic mass is 10.1. The van der Waals surface area contributed by atoms with E-state index in [1.807, 2.05) is 29.6 Å². The topological polar surface area (TPSA) is 76.3 Å². The molecule has 3 rings (SSSR count). The number of aromatic nitrogens is 1. The molecule has 7 heteroatoms. The molecule has 0 aliphatic carbocycles. The average molecular weight is 350 g/mol. The van der Waals surface area contributed by atoms with Crippen molar-refractivity contribution in [3.63, 3.8) is 0 Å². The quantitative estimate of drug-likeness (QED) is 0.920. The molecule has 120 valence electrons. The molecular formula is C16H16ClN3O2S. The fourth-order valence-corrected chi connectivity index (χ4v) is 3.55. The number of hydrogen-bond acceptors (Lipinski definition) is 4. The fourth-order valence-electron chi connectivity index (χ4n) is 2.60. The van der Waals surface area contributed by atoms with E-state index in [4.69, 9.17) is 17.3 Å². The summed E-state index contributed by atoms with van der Waals surface area (Å²) in [6.07, 6.45) is 0.893. The number of halogens is 1. The third kappa shape index (κ3) is 3.71. The van der Waals surface area contributed by atoms with E-state index in [-0.39, 0.29) is 24.2 Å². The zero-order valence-corrected chi connectivity index (χ0v) is 13.9. The Labute approximate surface area is 143 Å². The summed E-state index contributed by atoms with van der Waals surface area (Å²) in [5.74, 6) is -0.570. The van der Waals surface area contributed by atoms with Gasteiger partial charge in [0.25, 0.3) is 0 Å². The molecule has 23 heavy (non-hydrogen) atoms. The molecule has 2 N–H and O–H groups in total. The number of hydrogen-bond donors (Lipinski definition) is 1. The number of thiazole rings is 1. The van der Waals surface area contributed by atoms with Crippen molar-refractivity contribution >= 4 is 34.8 Å². The molecule has 0 spiro atoms. The van der Waals surface area contributed by atoms with Crippen molar-refractivity contribution < 1.29 is 9.59 Å². The van der Waals surface area contributed by atoms with Gasteiger partial charge in [0.05, 0.1) is 18.0 Å². The number of nitrogens with two attached hydrogens (primary N) is 1. The molecule has 1 fully saturated rings. The third-order valence-corrected chi connectivity index (χ3v) is 5.11. The van der Waals surface area contributed by atoms with Gasteiger partial charge in [-0.2, -0.15) is 0 Å². The van der Waals surface area contributed by atoms with Crippen LogP contribution in [0.25, 0.3) is 10.6 Å². The first-order chi connectivity index (χ1) is 11.0. The Hall–Kier alpha value is -1.92. The molecule has 0 bridgehead atoms. The van der Waals surface area contributed by atoms with E-state index in [9.17, 15) is 9.59 Å². The molecule has 5 nitrogen and oxygen atoms in total. The standard InChI is InChI=1S/C16H16ClN3O2S/c17-12-3-1-10(2-4-12)16-19-13(9-23-16)7-14(21)20-6-5-11(8-20)15(18)22/h1-4,9,11H,5-8H2,(H2,18,22). The number of rotatable bonds is 4. The second-order valence-electron chi connectivity index (χ2n) is 5.56. The van der Waals surface area contributed by atoms with Gasteiger partial charge in [0, 0.05) is 29.1 Å². The summed E-state index contributed by atoms with van der Waals surface area (Å²) >= 11 is 7.38. The highest BCUT2D eigenvalue weighted by molar-refractivity contribution is 7.13. The van der Waals surface area contributed by atoms with Crippen molar-refractivity contribution in [2.45, 2.75) is 12.8 Å². The van der Waals surface area contributed by atoms with Crippen LogP contribution in [0.4, 0.5) is 0 Å². The Morgan fingerprint density at radius 1 is 1.35 bits per heavy atom. The molecule has 2 heterocycles. The molecule has 0 saturated carbocycles. The Morgan fingerprint density at radius 3 is 2.74 bits per heavy atom. The number of carbonyl (C=O) groups excluding carboxylic acids is 2. The van der Waals surface area contributed by atoms with Crippen LogP contribution >= 0.6 is 22.9 Å². The van der Waals surface area contributed by atoms with E-state index < -0.39 is 0 Å². The fraction of sp³-hybridized carbons (Fsp3) is 0.312. The van der Waals surface area contributed by atoms with Crippen LogP contribution in [0, 0.1) is 5.92 Å². The van der Waals surface area contributed by atoms with Gasteiger partial charge in [-0.1, -0.05) is 23.7 Å². The first-order valence-electron chi connectivity index (χ1n) is 7.30. The van der Waals surface area contributed by atoms with Gasteiger partial charge in [0.1, 0.15) is 5.01 Å². The SMILES string of the molecule is NC(=O)C1CCN(C(=O)Cc2csc(-c3ccc(Cl)cc3)n2)C1. The summed E-state index contributed by atoms with van der Waals surface area (Å²) in [7, 11) is 0. The normalized spacial score (nSPS) is 17.4. The molecule has 2 amide bonds. The predicted molar refractivity (Wildman–Crippen MR) is 90.1 cm³/mol. The summed E-state index contributed by atoms with van der Waals surface area (Å²) in [5.41, 5.74) is 7.02. The largest absolute Gasteiger partial charge is 0.369 e. The van der Waals surface area contributed by atoms with Crippen LogP contribution in [0.2, 0.25) is 5.02 Å². The third-order valence-electron chi connectivity index (χ3n) is 3.92. The van der Waals surface area contributed by atoms with E-state index >= 15 is 0 Å². The molecule has 1 atom stereocenters. The van der Waals surface area contributed by atoms with Crippen LogP contribution in [0.3, 0.4) is 0 Å². The van der Waals surface area contributed by atoms with Gasteiger partial charge in [0.15, 0.2) is 0 Å². The van der Waals surface area contributed by atoms with Gasteiger partial charge in [-0.05, 0) is 18.6 Å². The van der Waals surface area contributed by atoms with Gasteiger partial charge in [0.2, 0.25) is 11.8 Å². The van der Waals surface area contributed by atoms with Crippen LogP contribution in [-0.2, 0) is 16.0 Å². The lowest BCUT2D eigenvalue weighted by molar-refractivity contribution is -0.129. The Morgan fingerprint density at radius 2 is 2.09 bits per heavy atom. The summed E-state index contributed by atoms with van der Waals surface area (Å²) in [4.78, 5) is 29.7. The van der Waals surface area contributed by atoms with Gasteiger partial charge in [-0.15, -0.1) is 11.3 Å². The van der Waals surface area contributed by atoms with Crippen molar-refractivity contribution in [3.8, 4) is 10.6 Å². The molecule has 0 radical (unpaired) electrons. The van der Waals surface area contributed by atoms with Crippen molar-refractivity contribution in [1.82, 2.24) is 9.88 Å². The van der Waals surface area contributed by atoms with Crippen LogP contribution in [0.1, 0.15) is 12.1 Å². The maximum atomic E-state index is 12.3. The minimum atomic E-state index is -0.334. The smallest absolute Gasteiger partial charge is 0.228 e. The lowest BCUT2D eigenvalue weighted by Gasteiger charge is -2.15. The Kier molecular flexibility index (Phi) is 4.63. The van der Waals surface area contributed by atoms with Crippen molar-refractivity contribution in [3.05, 3.63) is 40.4 Å². The number of primary amides is 1. The molecule has 1 aliphatic heterocycles. The minimum absolute atomic E-state index is 0.0123.